The van der Waals surface area contributed by atoms with Gasteiger partial charge in [-0.05, 0) is 48.4 Å². The Kier molecular flexibility index (Phi) is 3.99. The molecule has 0 aromatic heterocycles. The van der Waals surface area contributed by atoms with E-state index in [4.69, 9.17) is 0 Å². The van der Waals surface area contributed by atoms with E-state index in [9.17, 15) is 5.11 Å². The van der Waals surface area contributed by atoms with Gasteiger partial charge in [0.2, 0.25) is 0 Å². The first kappa shape index (κ1) is 11.1. The Morgan fingerprint density at radius 1 is 1.21 bits per heavy atom. The van der Waals surface area contributed by atoms with Gasteiger partial charge in [-0.3, -0.25) is 0 Å². The summed E-state index contributed by atoms with van der Waals surface area (Å²) in [6.45, 7) is 6.62. The average molecular weight is 192 g/mol. The summed E-state index contributed by atoms with van der Waals surface area (Å²) in [6.07, 6.45) is 3.35. The van der Waals surface area contributed by atoms with Crippen molar-refractivity contribution in [1.82, 2.24) is 0 Å². The summed E-state index contributed by atoms with van der Waals surface area (Å²) in [5.41, 5.74) is 2.67. The molecule has 1 rings (SSSR count). The van der Waals surface area contributed by atoms with Crippen molar-refractivity contribution in [2.24, 2.45) is 5.92 Å². The maximum atomic E-state index is 9.35. The Morgan fingerprint density at radius 3 is 2.50 bits per heavy atom. The molecule has 0 unspecified atom stereocenters. The van der Waals surface area contributed by atoms with Crippen molar-refractivity contribution >= 4 is 0 Å². The fraction of sp³-hybridized carbons (Fsp3) is 0.538. The van der Waals surface area contributed by atoms with Crippen LogP contribution in [0.4, 0.5) is 0 Å². The van der Waals surface area contributed by atoms with Crippen LogP contribution in [0.25, 0.3) is 0 Å². The van der Waals surface area contributed by atoms with Crippen molar-refractivity contribution in [1.29, 1.82) is 0 Å². The summed E-state index contributed by atoms with van der Waals surface area (Å²) in [6, 6.07) is 5.72. The minimum Gasteiger partial charge on any atom is -0.508 e. The van der Waals surface area contributed by atoms with Crippen molar-refractivity contribution in [3.05, 3.63) is 29.3 Å². The molecule has 1 aromatic rings. The molecule has 14 heavy (non-hydrogen) atoms. The van der Waals surface area contributed by atoms with Crippen LogP contribution in [0.5, 0.6) is 5.75 Å². The van der Waals surface area contributed by atoms with E-state index in [1.54, 1.807) is 6.07 Å². The molecule has 1 nitrogen and oxygen atoms in total. The number of aromatic hydroxyl groups is 1. The lowest BCUT2D eigenvalue weighted by Gasteiger charge is -2.09. The highest BCUT2D eigenvalue weighted by Gasteiger charge is 2.03. The van der Waals surface area contributed by atoms with E-state index in [1.807, 2.05) is 6.07 Å². The molecule has 0 amide bonds. The van der Waals surface area contributed by atoms with Crippen LogP contribution in [-0.4, -0.2) is 5.11 Å². The first-order valence-corrected chi connectivity index (χ1v) is 5.44. The maximum absolute atomic E-state index is 9.35. The van der Waals surface area contributed by atoms with Crippen LogP contribution < -0.4 is 0 Å². The molecule has 0 bridgehead atoms. The van der Waals surface area contributed by atoms with Gasteiger partial charge >= 0.3 is 0 Å². The number of hydrogen-bond acceptors (Lipinski definition) is 1. The normalized spacial score (nSPS) is 10.9. The molecule has 1 N–H and O–H groups in total. The molecule has 0 spiro atoms. The number of phenolic OH excluding ortho intramolecular Hbond substituents is 1. The van der Waals surface area contributed by atoms with E-state index < -0.39 is 0 Å². The first-order valence-electron chi connectivity index (χ1n) is 5.44. The second-order valence-corrected chi connectivity index (χ2v) is 4.24. The summed E-state index contributed by atoms with van der Waals surface area (Å²) in [4.78, 5) is 0. The average Bonchev–Trinajstić information content (AvgIpc) is 2.15. The number of rotatable bonds is 4. The van der Waals surface area contributed by atoms with Gasteiger partial charge in [0, 0.05) is 0 Å². The third kappa shape index (κ3) is 3.06. The molecule has 0 aliphatic heterocycles. The molecule has 1 aromatic carbocycles. The Hall–Kier alpha value is -0.980. The van der Waals surface area contributed by atoms with Crippen molar-refractivity contribution in [2.75, 3.05) is 0 Å². The summed E-state index contributed by atoms with van der Waals surface area (Å²) >= 11 is 0. The molecule has 78 valence electrons. The van der Waals surface area contributed by atoms with Crippen LogP contribution in [-0.2, 0) is 12.8 Å². The van der Waals surface area contributed by atoms with Gasteiger partial charge in [0.1, 0.15) is 5.75 Å². The fourth-order valence-electron chi connectivity index (χ4n) is 1.63. The molecule has 0 heterocycles. The first-order chi connectivity index (χ1) is 6.63. The topological polar surface area (TPSA) is 20.2 Å². The molecule has 1 heteroatoms. The smallest absolute Gasteiger partial charge is 0.115 e. The van der Waals surface area contributed by atoms with Crippen LogP contribution >= 0.6 is 0 Å². The van der Waals surface area contributed by atoms with E-state index in [1.165, 1.54) is 17.5 Å². The molecule has 0 atom stereocenters. The lowest BCUT2D eigenvalue weighted by atomic mass is 9.97. The SMILES string of the molecule is CCc1cc(O)ccc1CCC(C)C. The highest BCUT2D eigenvalue weighted by molar-refractivity contribution is 5.34. The van der Waals surface area contributed by atoms with E-state index in [2.05, 4.69) is 26.8 Å². The second kappa shape index (κ2) is 5.04. The molecule has 0 aliphatic carbocycles. The monoisotopic (exact) mass is 192 g/mol. The second-order valence-electron chi connectivity index (χ2n) is 4.24. The van der Waals surface area contributed by atoms with Crippen molar-refractivity contribution in [3.63, 3.8) is 0 Å². The van der Waals surface area contributed by atoms with Gasteiger partial charge in [-0.25, -0.2) is 0 Å². The van der Waals surface area contributed by atoms with Crippen molar-refractivity contribution < 1.29 is 5.11 Å². The van der Waals surface area contributed by atoms with Gasteiger partial charge in [-0.15, -0.1) is 0 Å². The van der Waals surface area contributed by atoms with Crippen LogP contribution in [0, 0.1) is 5.92 Å². The minimum absolute atomic E-state index is 0.384. The molecule has 0 aliphatic rings. The largest absolute Gasteiger partial charge is 0.508 e. The van der Waals surface area contributed by atoms with E-state index in [-0.39, 0.29) is 0 Å². The van der Waals surface area contributed by atoms with Crippen molar-refractivity contribution in [3.8, 4) is 5.75 Å². The summed E-state index contributed by atoms with van der Waals surface area (Å²) in [7, 11) is 0. The van der Waals surface area contributed by atoms with Crippen LogP contribution in [0.2, 0.25) is 0 Å². The Morgan fingerprint density at radius 2 is 1.93 bits per heavy atom. The number of hydrogen-bond donors (Lipinski definition) is 1. The standard InChI is InChI=1S/C13H20O/c1-4-11-9-13(14)8-7-12(11)6-5-10(2)3/h7-10,14H,4-6H2,1-3H3. The zero-order valence-electron chi connectivity index (χ0n) is 9.38. The van der Waals surface area contributed by atoms with Gasteiger partial charge < -0.3 is 5.11 Å². The van der Waals surface area contributed by atoms with Gasteiger partial charge in [-0.2, -0.15) is 0 Å². The summed E-state index contributed by atoms with van der Waals surface area (Å²) in [5.74, 6) is 1.13. The highest BCUT2D eigenvalue weighted by atomic mass is 16.3. The quantitative estimate of drug-likeness (QED) is 0.773. The number of benzene rings is 1. The van der Waals surface area contributed by atoms with Gasteiger partial charge in [0.15, 0.2) is 0 Å². The third-order valence-corrected chi connectivity index (χ3v) is 2.56. The highest BCUT2D eigenvalue weighted by Crippen LogP contribution is 2.19. The number of aryl methyl sites for hydroxylation is 2. The van der Waals surface area contributed by atoms with Gasteiger partial charge in [-0.1, -0.05) is 26.8 Å². The molecular formula is C13H20O. The Labute approximate surface area is 86.8 Å². The van der Waals surface area contributed by atoms with Gasteiger partial charge in [0.25, 0.3) is 0 Å². The molecule has 0 saturated heterocycles. The Bertz CT molecular complexity index is 289. The predicted octanol–water partition coefficient (Wildman–Crippen LogP) is 3.54. The molecule has 0 saturated carbocycles. The van der Waals surface area contributed by atoms with Crippen molar-refractivity contribution in [2.45, 2.75) is 40.0 Å². The van der Waals surface area contributed by atoms with E-state index >= 15 is 0 Å². The van der Waals surface area contributed by atoms with E-state index in [0.717, 1.165) is 18.8 Å². The summed E-state index contributed by atoms with van der Waals surface area (Å²) < 4.78 is 0. The Balaban J connectivity index is 2.75. The van der Waals surface area contributed by atoms with Gasteiger partial charge in [0.05, 0.1) is 0 Å². The summed E-state index contributed by atoms with van der Waals surface area (Å²) in [5, 5.41) is 9.35. The van der Waals surface area contributed by atoms with Crippen LogP contribution in [0.1, 0.15) is 38.3 Å². The fourth-order valence-corrected chi connectivity index (χ4v) is 1.63. The minimum atomic E-state index is 0.384. The lowest BCUT2D eigenvalue weighted by molar-refractivity contribution is 0.474. The number of phenols is 1. The zero-order chi connectivity index (χ0) is 10.6. The van der Waals surface area contributed by atoms with Crippen LogP contribution in [0.3, 0.4) is 0 Å². The lowest BCUT2D eigenvalue weighted by Crippen LogP contribution is -1.96. The molecular weight excluding hydrogens is 172 g/mol. The van der Waals surface area contributed by atoms with E-state index in [0.29, 0.717) is 5.75 Å². The maximum Gasteiger partial charge on any atom is 0.115 e. The predicted molar refractivity (Wildman–Crippen MR) is 60.6 cm³/mol. The zero-order valence-corrected chi connectivity index (χ0v) is 9.38. The molecule has 0 fully saturated rings. The third-order valence-electron chi connectivity index (χ3n) is 2.56. The molecule has 0 radical (unpaired) electrons. The van der Waals surface area contributed by atoms with Crippen LogP contribution in [0.15, 0.2) is 18.2 Å².